The first-order valence-electron chi connectivity index (χ1n) is 64.9. The molecule has 146 heavy (non-hydrogen) atoms. The van der Waals surface area contributed by atoms with Crippen molar-refractivity contribution in [2.75, 3.05) is 49.3 Å². The SMILES string of the molecule is CCCCCCCCCCCCCCCCCCP(CCCCCCCCCCCCCCCCCC)(CCCCCCCCCCCCCCCCCC)(CC(=O)c1ccccc1)OB(Oc1cc(C(F)(F)F)cc(C(F)(F)F)c1)OP(CCCCCCCCCCCCCCCCCC)(CCCCCCCCCCCCCCCCCC)(CCCCCCCCCCCCCCCCCC)CC(=O)c1ccccc1. The van der Waals surface area contributed by atoms with Gasteiger partial charge in [-0.2, -0.15) is 0 Å². The molecule has 0 bridgehead atoms. The molecule has 0 saturated heterocycles. The van der Waals surface area contributed by atoms with Gasteiger partial charge < -0.3 is 0 Å². The van der Waals surface area contributed by atoms with E-state index in [1.165, 1.54) is 424 Å². The predicted octanol–water partition coefficient (Wildman–Crippen LogP) is 48.4. The van der Waals surface area contributed by atoms with Gasteiger partial charge in [0.15, 0.2) is 0 Å². The fourth-order valence-corrected chi connectivity index (χ4v) is 36.0. The number of Topliss-reactive ketones (excluding diaryl/α,β-unsaturated/α-hetero) is 2. The molecule has 0 saturated carbocycles. The summed E-state index contributed by atoms with van der Waals surface area (Å²) in [5, 5.41) is 0. The van der Waals surface area contributed by atoms with Crippen LogP contribution in [0.25, 0.3) is 0 Å². The summed E-state index contributed by atoms with van der Waals surface area (Å²) in [5.74, 6) is -0.707. The number of benzene rings is 3. The van der Waals surface area contributed by atoms with Crippen LogP contribution < -0.4 is 4.65 Å². The molecule has 5 nitrogen and oxygen atoms in total. The van der Waals surface area contributed by atoms with E-state index in [1.54, 1.807) is 0 Å². The van der Waals surface area contributed by atoms with Crippen molar-refractivity contribution in [1.82, 2.24) is 0 Å². The summed E-state index contributed by atoms with van der Waals surface area (Å²) in [6, 6.07) is 21.1. The predicted molar refractivity (Wildman–Crippen MR) is 637 cm³/mol. The number of hydrogen-bond donors (Lipinski definition) is 0. The minimum atomic E-state index is -5.18. The van der Waals surface area contributed by atoms with E-state index in [0.29, 0.717) is 48.1 Å². The molecule has 0 fully saturated rings. The number of carbonyl (C=O) groups excluding carboxylic acids is 2. The van der Waals surface area contributed by atoms with E-state index in [9.17, 15) is 0 Å². The Kier molecular flexibility index (Phi) is 88.9. The number of carbonyl (C=O) groups is 2. The number of alkyl halides is 6. The summed E-state index contributed by atoms with van der Waals surface area (Å²) in [6.07, 6.45) is 108. The van der Waals surface area contributed by atoms with Gasteiger partial charge in [-0.3, -0.25) is 0 Å². The molecule has 3 rings (SSSR count). The van der Waals surface area contributed by atoms with E-state index >= 15 is 35.9 Å². The molecule has 0 unspecified atom stereocenters. The van der Waals surface area contributed by atoms with Crippen LogP contribution in [0.4, 0.5) is 26.3 Å². The van der Waals surface area contributed by atoms with Crippen LogP contribution in [0, 0.1) is 0 Å². The molecule has 3 aromatic rings. The van der Waals surface area contributed by atoms with Gasteiger partial charge in [-0.25, -0.2) is 0 Å². The van der Waals surface area contributed by atoms with Gasteiger partial charge in [-0.05, 0) is 0 Å². The van der Waals surface area contributed by atoms with Gasteiger partial charge >= 0.3 is 674 Å². The van der Waals surface area contributed by atoms with Crippen LogP contribution in [0.1, 0.15) is 690 Å². The molecule has 0 heterocycles. The second kappa shape index (κ2) is 94.5. The van der Waals surface area contributed by atoms with Gasteiger partial charge in [0.1, 0.15) is 0 Å². The Morgan fingerprint density at radius 2 is 0.342 bits per heavy atom. The zero-order chi connectivity index (χ0) is 105. The van der Waals surface area contributed by atoms with Crippen LogP contribution in [0.15, 0.2) is 78.9 Å². The van der Waals surface area contributed by atoms with E-state index in [2.05, 4.69) is 41.5 Å². The van der Waals surface area contributed by atoms with E-state index in [4.69, 9.17) is 13.5 Å². The third-order valence-corrected chi connectivity index (χ3v) is 45.7. The Balaban J connectivity index is 2.54. The molecule has 0 atom stereocenters. The fraction of sp³-hybridized carbons (Fsp3) is 0.848. The summed E-state index contributed by atoms with van der Waals surface area (Å²) in [4.78, 5) is 33.2. The first-order chi connectivity index (χ1) is 71.3. The van der Waals surface area contributed by atoms with E-state index < -0.39 is 50.2 Å². The second-order valence-corrected chi connectivity index (χ2v) is 58.3. The number of halogens is 6. The Bertz CT molecular complexity index is 2940. The van der Waals surface area contributed by atoms with Gasteiger partial charge in [0.25, 0.3) is 0 Å². The van der Waals surface area contributed by atoms with Crippen molar-refractivity contribution < 1.29 is 49.5 Å². The molecule has 0 aliphatic rings. The van der Waals surface area contributed by atoms with Gasteiger partial charge in [0.2, 0.25) is 0 Å². The summed E-state index contributed by atoms with van der Waals surface area (Å²) in [6.45, 7) is 4.98. The normalized spacial score (nSPS) is 12.8. The zero-order valence-electron chi connectivity index (χ0n) is 97.3. The molecule has 0 N–H and O–H groups in total. The van der Waals surface area contributed by atoms with Gasteiger partial charge in [-0.15, -0.1) is 0 Å². The van der Waals surface area contributed by atoms with Gasteiger partial charge in [-0.1, -0.05) is 234 Å². The number of hydrogen-bond acceptors (Lipinski definition) is 5. The van der Waals surface area contributed by atoms with Crippen LogP contribution >= 0.6 is 13.7 Å². The molecule has 0 aliphatic carbocycles. The number of ketones is 2. The topological polar surface area (TPSA) is 61.8 Å². The average molecular weight is 2090 g/mol. The van der Waals surface area contributed by atoms with Crippen molar-refractivity contribution in [2.24, 2.45) is 0 Å². The average Bonchev–Trinajstić information content (AvgIpc) is 0.730. The molecule has 0 aromatic heterocycles. The second-order valence-electron chi connectivity index (χ2n) is 47.1. The fourth-order valence-electron chi connectivity index (χ4n) is 23.7. The first-order valence-corrected chi connectivity index (χ1v) is 70.6. The summed E-state index contributed by atoms with van der Waals surface area (Å²) in [5.41, 5.74) is -1.77. The Morgan fingerprint density at radius 1 is 0.205 bits per heavy atom. The standard InChI is InChI=1S/C132H239BF6O5P2/c1-7-13-19-25-31-37-43-49-55-61-67-73-79-85-91-103-113-145(122-129(140)124-109-99-97-100-110-124,114-104-92-86-80-74-68-62-56-50-44-38-32-26-20-14-8-2,115-105-93-87-81-75-69-63-57-51-45-39-33-27-21-15-9-3)143-133(142-128-120-126(131(134,135)136)119-127(121-128)132(137,138)139)144-146(123-130(141)125-111-101-98-102-112-125,116-106-94-88-82-76-70-64-58-52-46-40-34-28-22-16-10-4,117-107-95-89-83-77-71-65-59-53-47-41-35-29-23-17-11-5)118-108-96-90-84-78-72-66-60-54-48-42-36-30-24-18-12-6/h97-102,109-112,119-121H,7-96,103-108,113-118,122-123H2,1-6H3. The van der Waals surface area contributed by atoms with Crippen molar-refractivity contribution in [1.29, 1.82) is 0 Å². The summed E-state index contributed by atoms with van der Waals surface area (Å²) < 4.78 is 120. The van der Waals surface area contributed by atoms with Crippen LogP contribution in [0.5, 0.6) is 5.75 Å². The first kappa shape index (κ1) is 137. The van der Waals surface area contributed by atoms with E-state index in [0.717, 1.165) is 205 Å². The van der Waals surface area contributed by atoms with Gasteiger partial charge in [0, 0.05) is 0 Å². The summed E-state index contributed by atoms with van der Waals surface area (Å²) in [7, 11) is -1.85. The molecule has 0 spiro atoms. The number of rotatable bonds is 114. The minimum absolute atomic E-state index is 0.0452. The van der Waals surface area contributed by atoms with Crippen molar-refractivity contribution in [3.63, 3.8) is 0 Å². The molecule has 852 valence electrons. The van der Waals surface area contributed by atoms with E-state index in [1.807, 2.05) is 60.7 Å². The Labute approximate surface area is 902 Å². The molecular formula is C132H239BF6O5P2. The van der Waals surface area contributed by atoms with Crippen molar-refractivity contribution in [3.8, 4) is 5.75 Å². The Hall–Kier alpha value is -2.78. The molecule has 14 heteroatoms. The molecular weight excluding hydrogens is 1850 g/mol. The van der Waals surface area contributed by atoms with Gasteiger partial charge in [0.05, 0.1) is 0 Å². The Morgan fingerprint density at radius 3 is 0.479 bits per heavy atom. The number of unbranched alkanes of at least 4 members (excludes halogenated alkanes) is 90. The molecule has 0 aliphatic heterocycles. The molecule has 3 aromatic carbocycles. The zero-order valence-corrected chi connectivity index (χ0v) is 99.1. The van der Waals surface area contributed by atoms with Crippen LogP contribution in [0.2, 0.25) is 0 Å². The summed E-state index contributed by atoms with van der Waals surface area (Å²) >= 11 is 0. The van der Waals surface area contributed by atoms with Crippen molar-refractivity contribution in [2.45, 2.75) is 670 Å². The third kappa shape index (κ3) is 74.4. The molecule has 0 amide bonds. The maximum absolute atomic E-state index is 16.6. The van der Waals surface area contributed by atoms with Crippen LogP contribution in [0.3, 0.4) is 0 Å². The maximum atomic E-state index is 16.6. The molecule has 0 radical (unpaired) electrons. The van der Waals surface area contributed by atoms with Crippen molar-refractivity contribution >= 4 is 32.5 Å². The van der Waals surface area contributed by atoms with E-state index in [-0.39, 0.29) is 30.0 Å². The quantitative estimate of drug-likeness (QED) is 0.0185. The van der Waals surface area contributed by atoms with Crippen molar-refractivity contribution in [3.05, 3.63) is 101 Å². The van der Waals surface area contributed by atoms with Crippen LogP contribution in [-0.4, -0.2) is 68.2 Å². The monoisotopic (exact) mass is 2090 g/mol. The van der Waals surface area contributed by atoms with Crippen LogP contribution in [-0.2, 0) is 21.2 Å². The third-order valence-electron chi connectivity index (χ3n) is 33.3.